The maximum atomic E-state index is 11.9. The van der Waals surface area contributed by atoms with Gasteiger partial charge in [0.15, 0.2) is 0 Å². The van der Waals surface area contributed by atoms with Gasteiger partial charge in [-0.05, 0) is 24.1 Å². The lowest BCUT2D eigenvalue weighted by Gasteiger charge is -2.16. The van der Waals surface area contributed by atoms with E-state index in [1.54, 1.807) is 11.3 Å². The third-order valence-corrected chi connectivity index (χ3v) is 5.60. The first-order valence-corrected chi connectivity index (χ1v) is 10.2. The number of carbonyl (C=O) groups is 1. The van der Waals surface area contributed by atoms with Crippen LogP contribution in [0.5, 0.6) is 0 Å². The van der Waals surface area contributed by atoms with E-state index in [4.69, 9.17) is 9.97 Å². The zero-order chi connectivity index (χ0) is 20.2. The smallest absolute Gasteiger partial charge is 0.326 e. The Kier molecular flexibility index (Phi) is 5.53. The number of carboxylic acid groups (broad SMARTS) is 1. The number of rotatable bonds is 7. The normalized spacial score (nSPS) is 12.0. The van der Waals surface area contributed by atoms with Gasteiger partial charge >= 0.3 is 5.97 Å². The fraction of sp³-hybridized carbons (Fsp3) is 0.174. The minimum Gasteiger partial charge on any atom is -0.480 e. The van der Waals surface area contributed by atoms with Crippen molar-refractivity contribution in [1.82, 2.24) is 9.97 Å². The summed E-state index contributed by atoms with van der Waals surface area (Å²) in [6.45, 7) is 2.02. The zero-order valence-electron chi connectivity index (χ0n) is 16.0. The van der Waals surface area contributed by atoms with E-state index in [1.165, 1.54) is 0 Å². The summed E-state index contributed by atoms with van der Waals surface area (Å²) in [5.74, 6) is 0.350. The highest BCUT2D eigenvalue weighted by Gasteiger charge is 2.21. The Morgan fingerprint density at radius 3 is 2.34 bits per heavy atom. The summed E-state index contributed by atoms with van der Waals surface area (Å²) in [4.78, 5) is 23.3. The van der Waals surface area contributed by atoms with Gasteiger partial charge in [0, 0.05) is 17.7 Å². The Morgan fingerprint density at radius 2 is 1.69 bits per heavy atom. The molecule has 1 atom stereocenters. The van der Waals surface area contributed by atoms with Crippen molar-refractivity contribution in [2.45, 2.75) is 25.8 Å². The number of aromatic nitrogens is 2. The number of hydrogen-bond acceptors (Lipinski definition) is 5. The predicted molar refractivity (Wildman–Crippen MR) is 117 cm³/mol. The quantitative estimate of drug-likeness (QED) is 0.468. The molecular weight excluding hydrogens is 382 g/mol. The highest BCUT2D eigenvalue weighted by Crippen LogP contribution is 2.29. The van der Waals surface area contributed by atoms with Gasteiger partial charge in [0.05, 0.1) is 5.39 Å². The number of nitrogens with one attached hydrogen (secondary N) is 1. The summed E-state index contributed by atoms with van der Waals surface area (Å²) in [6, 6.07) is 20.9. The van der Waals surface area contributed by atoms with E-state index in [0.717, 1.165) is 26.2 Å². The van der Waals surface area contributed by atoms with Crippen molar-refractivity contribution in [3.8, 4) is 0 Å². The molecule has 0 spiro atoms. The topological polar surface area (TPSA) is 75.1 Å². The van der Waals surface area contributed by atoms with Crippen LogP contribution in [-0.4, -0.2) is 27.1 Å². The molecule has 29 heavy (non-hydrogen) atoms. The van der Waals surface area contributed by atoms with Crippen molar-refractivity contribution in [2.24, 2.45) is 0 Å². The van der Waals surface area contributed by atoms with Crippen LogP contribution < -0.4 is 5.32 Å². The van der Waals surface area contributed by atoms with Gasteiger partial charge in [0.1, 0.15) is 22.5 Å². The van der Waals surface area contributed by atoms with Crippen molar-refractivity contribution in [1.29, 1.82) is 0 Å². The second-order valence-electron chi connectivity index (χ2n) is 6.95. The van der Waals surface area contributed by atoms with Crippen LogP contribution >= 0.6 is 11.3 Å². The van der Waals surface area contributed by atoms with Crippen LogP contribution in [0.1, 0.15) is 21.8 Å². The Morgan fingerprint density at radius 1 is 1.03 bits per heavy atom. The number of thiophene rings is 1. The molecule has 0 bridgehead atoms. The van der Waals surface area contributed by atoms with Gasteiger partial charge < -0.3 is 10.4 Å². The molecule has 0 radical (unpaired) electrons. The van der Waals surface area contributed by atoms with Crippen molar-refractivity contribution < 1.29 is 9.90 Å². The summed E-state index contributed by atoms with van der Waals surface area (Å²) in [5, 5.41) is 13.8. The highest BCUT2D eigenvalue weighted by atomic mass is 32.1. The fourth-order valence-corrected chi connectivity index (χ4v) is 4.17. The number of carboxylic acids is 1. The molecule has 2 aromatic heterocycles. The Labute approximate surface area is 173 Å². The Hall–Kier alpha value is -3.25. The average Bonchev–Trinajstić information content (AvgIpc) is 3.09. The summed E-state index contributed by atoms with van der Waals surface area (Å²) in [6.07, 6.45) is 0.970. The van der Waals surface area contributed by atoms with Crippen LogP contribution in [0.2, 0.25) is 0 Å². The van der Waals surface area contributed by atoms with E-state index in [2.05, 4.69) is 5.32 Å². The molecule has 4 aromatic rings. The van der Waals surface area contributed by atoms with Gasteiger partial charge in [-0.25, -0.2) is 14.8 Å². The van der Waals surface area contributed by atoms with E-state index in [-0.39, 0.29) is 0 Å². The third kappa shape index (κ3) is 4.60. The van der Waals surface area contributed by atoms with Gasteiger partial charge in [-0.1, -0.05) is 60.7 Å². The molecule has 6 heteroatoms. The Bertz CT molecular complexity index is 1130. The minimum absolute atomic E-state index is 0.374. The predicted octanol–water partition coefficient (Wildman–Crippen LogP) is 4.70. The number of fused-ring (bicyclic) bond motifs is 1. The Balaban J connectivity index is 1.68. The third-order valence-electron chi connectivity index (χ3n) is 4.66. The number of aryl methyl sites for hydroxylation is 1. The second-order valence-corrected chi connectivity index (χ2v) is 8.19. The molecule has 0 saturated carbocycles. The average molecular weight is 404 g/mol. The molecule has 4 rings (SSSR count). The zero-order valence-corrected chi connectivity index (χ0v) is 16.8. The SMILES string of the molecule is Cc1cc2c(NC(Cc3ccccc3)C(=O)O)nc(Cc3ccccc3)nc2s1. The highest BCUT2D eigenvalue weighted by molar-refractivity contribution is 7.18. The molecule has 0 saturated heterocycles. The standard InChI is InChI=1S/C23H21N3O2S/c1-15-12-18-21(24-19(23(27)28)13-16-8-4-2-5-9-16)25-20(26-22(18)29-15)14-17-10-6-3-7-11-17/h2-12,19H,13-14H2,1H3,(H,27,28)(H,24,25,26). The van der Waals surface area contributed by atoms with Crippen molar-refractivity contribution in [3.63, 3.8) is 0 Å². The van der Waals surface area contributed by atoms with E-state index in [0.29, 0.717) is 24.5 Å². The number of anilines is 1. The molecule has 0 fully saturated rings. The van der Waals surface area contributed by atoms with Crippen LogP contribution in [0, 0.1) is 6.92 Å². The molecule has 2 heterocycles. The molecule has 5 nitrogen and oxygen atoms in total. The lowest BCUT2D eigenvalue weighted by atomic mass is 10.1. The van der Waals surface area contributed by atoms with Gasteiger partial charge in [-0.15, -0.1) is 11.3 Å². The minimum atomic E-state index is -0.905. The summed E-state index contributed by atoms with van der Waals surface area (Å²) >= 11 is 1.59. The molecule has 0 amide bonds. The first kappa shape index (κ1) is 19.1. The molecule has 146 valence electrons. The molecule has 0 aliphatic rings. The van der Waals surface area contributed by atoms with Crippen LogP contribution in [0.25, 0.3) is 10.2 Å². The largest absolute Gasteiger partial charge is 0.480 e. The maximum Gasteiger partial charge on any atom is 0.326 e. The summed E-state index contributed by atoms with van der Waals surface area (Å²) in [7, 11) is 0. The van der Waals surface area contributed by atoms with Crippen molar-refractivity contribution >= 4 is 33.3 Å². The van der Waals surface area contributed by atoms with E-state index < -0.39 is 12.0 Å². The van der Waals surface area contributed by atoms with Gasteiger partial charge in [0.2, 0.25) is 0 Å². The molecule has 1 unspecified atom stereocenters. The van der Waals surface area contributed by atoms with Gasteiger partial charge in [-0.3, -0.25) is 0 Å². The molecule has 0 aliphatic carbocycles. The van der Waals surface area contributed by atoms with Crippen LogP contribution in [-0.2, 0) is 17.6 Å². The van der Waals surface area contributed by atoms with E-state index in [1.807, 2.05) is 73.7 Å². The van der Waals surface area contributed by atoms with Gasteiger partial charge in [-0.2, -0.15) is 0 Å². The molecule has 2 aromatic carbocycles. The monoisotopic (exact) mass is 403 g/mol. The number of aliphatic carboxylic acids is 1. The van der Waals surface area contributed by atoms with Crippen LogP contribution in [0.15, 0.2) is 66.7 Å². The van der Waals surface area contributed by atoms with Crippen LogP contribution in [0.3, 0.4) is 0 Å². The van der Waals surface area contributed by atoms with Crippen molar-refractivity contribution in [2.75, 3.05) is 5.32 Å². The van der Waals surface area contributed by atoms with E-state index in [9.17, 15) is 9.90 Å². The van der Waals surface area contributed by atoms with Crippen LogP contribution in [0.4, 0.5) is 5.82 Å². The lowest BCUT2D eigenvalue weighted by molar-refractivity contribution is -0.137. The fourth-order valence-electron chi connectivity index (χ4n) is 3.27. The molecule has 0 aliphatic heterocycles. The lowest BCUT2D eigenvalue weighted by Crippen LogP contribution is -2.32. The maximum absolute atomic E-state index is 11.9. The summed E-state index contributed by atoms with van der Waals surface area (Å²) < 4.78 is 0. The first-order valence-electron chi connectivity index (χ1n) is 9.43. The van der Waals surface area contributed by atoms with Gasteiger partial charge in [0.25, 0.3) is 0 Å². The first-order chi connectivity index (χ1) is 14.1. The van der Waals surface area contributed by atoms with E-state index >= 15 is 0 Å². The molecule has 2 N–H and O–H groups in total. The number of hydrogen-bond donors (Lipinski definition) is 2. The summed E-state index contributed by atoms with van der Waals surface area (Å²) in [5.41, 5.74) is 2.08. The molecular formula is C23H21N3O2S. The second kappa shape index (κ2) is 8.41. The number of nitrogens with zero attached hydrogens (tertiary/aromatic N) is 2. The van der Waals surface area contributed by atoms with Crippen molar-refractivity contribution in [3.05, 3.63) is 88.6 Å². The number of benzene rings is 2.